The number of aromatic hydroxyl groups is 1. The summed E-state index contributed by atoms with van der Waals surface area (Å²) in [5.74, 6) is -9.93. The van der Waals surface area contributed by atoms with E-state index in [4.69, 9.17) is 0 Å². The first-order valence-electron chi connectivity index (χ1n) is 13.7. The number of fused-ring (bicyclic) bond motifs is 3. The second-order valence-electron chi connectivity index (χ2n) is 13.1. The predicted molar refractivity (Wildman–Crippen MR) is 145 cm³/mol. The first kappa shape index (κ1) is 30.0. The number of hydrogen-bond donors (Lipinski definition) is 4. The summed E-state index contributed by atoms with van der Waals surface area (Å²) in [7, 11) is 3.02. The van der Waals surface area contributed by atoms with Crippen LogP contribution in [0.5, 0.6) is 5.75 Å². The SMILES string of the molecule is CCCC(C)(C)NC(=O)C1C(=O)[C@@H](N(C)C)[C@]2(C)[C@@H](O)[C@@]3(C)C(C(=O)c4c(O)cccc4[C@@H]3C)C(=O)[C@]2(O)C1=O. The number of nitrogens with one attached hydrogen (secondary N) is 1. The summed E-state index contributed by atoms with van der Waals surface area (Å²) in [6, 6.07) is 3.05. The third-order valence-electron chi connectivity index (χ3n) is 10.0. The number of Topliss-reactive ketones (excluding diaryl/α,β-unsaturated/α-hetero) is 4. The van der Waals surface area contributed by atoms with Gasteiger partial charge in [0.1, 0.15) is 5.75 Å². The van der Waals surface area contributed by atoms with Crippen molar-refractivity contribution in [3.05, 3.63) is 29.3 Å². The van der Waals surface area contributed by atoms with Crippen LogP contribution in [0.15, 0.2) is 18.2 Å². The van der Waals surface area contributed by atoms with Gasteiger partial charge in [-0.25, -0.2) is 0 Å². The standard InChI is InChI=1S/C30H40N2O8/c1-9-13-27(3,4)31-25(38)18-21(35)22(32(7)8)29(6)26(39)28(5)14(2)15-11-10-12-16(33)17(15)20(34)19(28)24(37)30(29,40)23(18)36/h10-12,14,18-19,22,26,33,39-40H,9,13H2,1-8H3,(H,31,38)/t14-,18?,19?,22+,26-,28+,29+,30+/m0/s1. The van der Waals surface area contributed by atoms with Gasteiger partial charge in [0.15, 0.2) is 34.7 Å². The number of rotatable bonds is 5. The zero-order valence-corrected chi connectivity index (χ0v) is 24.4. The molecule has 1 amide bonds. The fourth-order valence-electron chi connectivity index (χ4n) is 7.97. The molecule has 0 aromatic heterocycles. The van der Waals surface area contributed by atoms with Crippen LogP contribution in [0.4, 0.5) is 0 Å². The second-order valence-corrected chi connectivity index (χ2v) is 13.1. The van der Waals surface area contributed by atoms with E-state index in [0.29, 0.717) is 18.4 Å². The molecule has 40 heavy (non-hydrogen) atoms. The van der Waals surface area contributed by atoms with Gasteiger partial charge in [-0.05, 0) is 51.9 Å². The van der Waals surface area contributed by atoms with Crippen molar-refractivity contribution in [3.63, 3.8) is 0 Å². The minimum Gasteiger partial charge on any atom is -0.507 e. The van der Waals surface area contributed by atoms with Gasteiger partial charge >= 0.3 is 0 Å². The van der Waals surface area contributed by atoms with Crippen molar-refractivity contribution >= 4 is 29.0 Å². The molecule has 0 heterocycles. The van der Waals surface area contributed by atoms with E-state index in [1.165, 1.54) is 38.9 Å². The fourth-order valence-corrected chi connectivity index (χ4v) is 7.97. The number of benzene rings is 1. The largest absolute Gasteiger partial charge is 0.507 e. The number of ketones is 4. The molecule has 10 heteroatoms. The molecule has 0 radical (unpaired) electrons. The molecule has 3 aliphatic carbocycles. The molecule has 218 valence electrons. The van der Waals surface area contributed by atoms with Crippen molar-refractivity contribution in [1.29, 1.82) is 0 Å². The Bertz CT molecular complexity index is 1320. The van der Waals surface area contributed by atoms with Crippen LogP contribution in [0.2, 0.25) is 0 Å². The number of aliphatic hydroxyl groups excluding tert-OH is 1. The van der Waals surface area contributed by atoms with E-state index in [9.17, 15) is 39.3 Å². The number of carbonyl (C=O) groups excluding carboxylic acids is 5. The summed E-state index contributed by atoms with van der Waals surface area (Å²) in [6.45, 7) is 9.93. The number of likely N-dealkylation sites (N-methyl/N-ethyl adjacent to an activating group) is 1. The third kappa shape index (κ3) is 3.55. The second kappa shape index (κ2) is 9.29. The van der Waals surface area contributed by atoms with Gasteiger partial charge in [-0.15, -0.1) is 0 Å². The molecule has 2 saturated carbocycles. The zero-order valence-electron chi connectivity index (χ0n) is 24.4. The maximum Gasteiger partial charge on any atom is 0.238 e. The van der Waals surface area contributed by atoms with Crippen LogP contribution < -0.4 is 5.32 Å². The first-order chi connectivity index (χ1) is 18.3. The lowest BCUT2D eigenvalue weighted by atomic mass is 9.39. The summed E-state index contributed by atoms with van der Waals surface area (Å²) in [4.78, 5) is 71.4. The Kier molecular flexibility index (Phi) is 6.97. The molecule has 3 aliphatic rings. The van der Waals surface area contributed by atoms with Crippen LogP contribution in [-0.4, -0.2) is 86.6 Å². The molecule has 1 aromatic carbocycles. The molecular weight excluding hydrogens is 516 g/mol. The van der Waals surface area contributed by atoms with E-state index in [2.05, 4.69) is 5.32 Å². The van der Waals surface area contributed by atoms with E-state index >= 15 is 0 Å². The molecule has 2 fully saturated rings. The van der Waals surface area contributed by atoms with Gasteiger partial charge in [-0.3, -0.25) is 28.9 Å². The normalized spacial score (nSPS) is 37.6. The average Bonchev–Trinajstić information content (AvgIpc) is 2.84. The summed E-state index contributed by atoms with van der Waals surface area (Å²) in [6.07, 6.45) is -0.467. The number of carbonyl (C=O) groups is 5. The number of phenols is 1. The smallest absolute Gasteiger partial charge is 0.238 e. The monoisotopic (exact) mass is 556 g/mol. The number of amides is 1. The predicted octanol–water partition coefficient (Wildman–Crippen LogP) is 1.39. The van der Waals surface area contributed by atoms with Crippen LogP contribution in [0.3, 0.4) is 0 Å². The van der Waals surface area contributed by atoms with Crippen LogP contribution in [0, 0.1) is 22.7 Å². The van der Waals surface area contributed by atoms with Crippen molar-refractivity contribution in [2.24, 2.45) is 22.7 Å². The van der Waals surface area contributed by atoms with Crippen molar-refractivity contribution in [2.45, 2.75) is 83.6 Å². The highest BCUT2D eigenvalue weighted by atomic mass is 16.3. The van der Waals surface area contributed by atoms with Crippen molar-refractivity contribution in [1.82, 2.24) is 10.2 Å². The molecule has 0 bridgehead atoms. The van der Waals surface area contributed by atoms with E-state index in [1.807, 2.05) is 6.92 Å². The number of nitrogens with zero attached hydrogens (tertiary/aromatic N) is 1. The fraction of sp³-hybridized carbons (Fsp3) is 0.633. The molecule has 4 N–H and O–H groups in total. The van der Waals surface area contributed by atoms with Crippen LogP contribution in [-0.2, 0) is 19.2 Å². The lowest BCUT2D eigenvalue weighted by Crippen LogP contribution is -2.84. The maximum absolute atomic E-state index is 14.4. The highest BCUT2D eigenvalue weighted by molar-refractivity contribution is 6.33. The van der Waals surface area contributed by atoms with Crippen LogP contribution in [0.25, 0.3) is 0 Å². The Morgan fingerprint density at radius 2 is 1.70 bits per heavy atom. The lowest BCUT2D eigenvalue weighted by Gasteiger charge is -2.65. The van der Waals surface area contributed by atoms with Crippen molar-refractivity contribution < 1.29 is 39.3 Å². The Labute approximate surface area is 234 Å². The highest BCUT2D eigenvalue weighted by Crippen LogP contribution is 2.64. The number of hydrogen-bond acceptors (Lipinski definition) is 9. The molecule has 2 unspecified atom stereocenters. The molecule has 4 rings (SSSR count). The van der Waals surface area contributed by atoms with Gasteiger partial charge in [0.05, 0.1) is 29.0 Å². The van der Waals surface area contributed by atoms with Gasteiger partial charge in [0.2, 0.25) is 5.91 Å². The van der Waals surface area contributed by atoms with Gasteiger partial charge < -0.3 is 20.6 Å². The summed E-state index contributed by atoms with van der Waals surface area (Å²) in [5.41, 5.74) is -7.18. The van der Waals surface area contributed by atoms with E-state index in [-0.39, 0.29) is 11.3 Å². The first-order valence-corrected chi connectivity index (χ1v) is 13.7. The van der Waals surface area contributed by atoms with Crippen LogP contribution in [0.1, 0.15) is 76.2 Å². The maximum atomic E-state index is 14.4. The molecule has 0 spiro atoms. The lowest BCUT2D eigenvalue weighted by molar-refractivity contribution is -0.237. The minimum absolute atomic E-state index is 0.107. The van der Waals surface area contributed by atoms with E-state index in [1.54, 1.807) is 32.9 Å². The molecule has 1 aromatic rings. The topological polar surface area (TPSA) is 161 Å². The Hall–Kier alpha value is -2.95. The highest BCUT2D eigenvalue weighted by Gasteiger charge is 2.81. The zero-order chi connectivity index (χ0) is 30.3. The average molecular weight is 557 g/mol. The van der Waals surface area contributed by atoms with Crippen molar-refractivity contribution in [2.75, 3.05) is 14.1 Å². The van der Waals surface area contributed by atoms with Gasteiger partial charge in [0.25, 0.3) is 0 Å². The summed E-state index contributed by atoms with van der Waals surface area (Å²) in [5, 5.41) is 37.7. The summed E-state index contributed by atoms with van der Waals surface area (Å²) >= 11 is 0. The Balaban J connectivity index is 1.96. The van der Waals surface area contributed by atoms with Gasteiger partial charge in [-0.2, -0.15) is 0 Å². The Morgan fingerprint density at radius 1 is 1.10 bits per heavy atom. The molecule has 8 atom stereocenters. The Morgan fingerprint density at radius 3 is 2.25 bits per heavy atom. The molecule has 0 aliphatic heterocycles. The molecule has 10 nitrogen and oxygen atoms in total. The molecular formula is C30H40N2O8. The number of phenolic OH excluding ortho intramolecular Hbond substituents is 1. The quantitative estimate of drug-likeness (QED) is 0.393. The van der Waals surface area contributed by atoms with E-state index < -0.39 is 80.9 Å². The molecule has 0 saturated heterocycles. The summed E-state index contributed by atoms with van der Waals surface area (Å²) < 4.78 is 0. The number of aliphatic hydroxyl groups is 2. The minimum atomic E-state index is -3.05. The third-order valence-corrected chi connectivity index (χ3v) is 10.0. The van der Waals surface area contributed by atoms with Gasteiger partial charge in [0, 0.05) is 11.0 Å². The van der Waals surface area contributed by atoms with Crippen LogP contribution >= 0.6 is 0 Å². The van der Waals surface area contributed by atoms with E-state index in [0.717, 1.165) is 0 Å². The van der Waals surface area contributed by atoms with Gasteiger partial charge in [-0.1, -0.05) is 46.2 Å². The van der Waals surface area contributed by atoms with Crippen molar-refractivity contribution in [3.8, 4) is 5.75 Å².